The van der Waals surface area contributed by atoms with Crippen LogP contribution in [0.3, 0.4) is 0 Å². The van der Waals surface area contributed by atoms with E-state index >= 15 is 0 Å². The maximum atomic E-state index is 13.1. The van der Waals surface area contributed by atoms with Crippen molar-refractivity contribution in [1.82, 2.24) is 25.2 Å². The highest BCUT2D eigenvalue weighted by Crippen LogP contribution is 2.42. The molecule has 2 aliphatic heterocycles. The molecule has 0 spiro atoms. The van der Waals surface area contributed by atoms with Crippen molar-refractivity contribution in [3.63, 3.8) is 0 Å². The maximum absolute atomic E-state index is 13.1. The molecule has 37 heavy (non-hydrogen) atoms. The summed E-state index contributed by atoms with van der Waals surface area (Å²) < 4.78 is 1.86. The maximum Gasteiger partial charge on any atom is 0.276 e. The molecular weight excluding hydrogens is 520 g/mol. The Balaban J connectivity index is 1.39. The number of nitrogen functional groups attached to an aromatic ring is 1. The second kappa shape index (κ2) is 9.48. The molecule has 3 aromatic rings. The third kappa shape index (κ3) is 4.29. The summed E-state index contributed by atoms with van der Waals surface area (Å²) >= 11 is 2.48. The minimum Gasteiger partial charge on any atom is -0.543 e. The number of β-lactam (4-membered cyclic amide) rings is 1. The summed E-state index contributed by atoms with van der Waals surface area (Å²) in [7, 11) is 1.28. The van der Waals surface area contributed by atoms with Gasteiger partial charge >= 0.3 is 0 Å². The van der Waals surface area contributed by atoms with Crippen molar-refractivity contribution in [2.75, 3.05) is 18.6 Å². The largest absolute Gasteiger partial charge is 0.543 e. The molecule has 3 atom stereocenters. The van der Waals surface area contributed by atoms with Gasteiger partial charge in [-0.2, -0.15) is 4.57 Å². The van der Waals surface area contributed by atoms with Gasteiger partial charge in [0.1, 0.15) is 41.1 Å². The van der Waals surface area contributed by atoms with Gasteiger partial charge in [0.05, 0.1) is 11.7 Å². The number of nitrogens with two attached hydrogens (primary N) is 1. The molecule has 1 fully saturated rings. The van der Waals surface area contributed by atoms with Gasteiger partial charge in [0, 0.05) is 29.7 Å². The Morgan fingerprint density at radius 1 is 1.43 bits per heavy atom. The molecule has 0 aromatic carbocycles. The molecule has 13 nitrogen and oxygen atoms in total. The number of carboxylic acids is 1. The molecule has 4 N–H and O–H groups in total. The zero-order valence-electron chi connectivity index (χ0n) is 19.9. The molecule has 3 aromatic heterocycles. The fraction of sp³-hybridized carbons (Fsp3) is 0.318. The van der Waals surface area contributed by atoms with Gasteiger partial charge in [-0.05, 0) is 6.92 Å². The number of nitrogens with one attached hydrogen (secondary N) is 2. The number of anilines is 1. The summed E-state index contributed by atoms with van der Waals surface area (Å²) in [5.74, 6) is -1.62. The molecule has 15 heteroatoms. The zero-order chi connectivity index (χ0) is 26.4. The number of aliphatic carboxylic acids is 1. The van der Waals surface area contributed by atoms with Gasteiger partial charge in [-0.15, -0.1) is 23.1 Å². The molecule has 5 rings (SSSR count). The first-order valence-corrected chi connectivity index (χ1v) is 13.0. The number of pyridine rings is 1. The third-order valence-electron chi connectivity index (χ3n) is 6.15. The van der Waals surface area contributed by atoms with E-state index in [-0.39, 0.29) is 28.3 Å². The van der Waals surface area contributed by atoms with Crippen LogP contribution in [0.15, 0.2) is 40.3 Å². The Morgan fingerprint density at radius 2 is 2.22 bits per heavy atom. The highest BCUT2D eigenvalue weighted by Gasteiger charge is 2.54. The number of fused-ring (bicyclic) bond motifs is 2. The van der Waals surface area contributed by atoms with E-state index in [4.69, 9.17) is 10.6 Å². The number of carboxylic acid groups (broad SMARTS) is 1. The van der Waals surface area contributed by atoms with Crippen LogP contribution >= 0.6 is 23.1 Å². The highest BCUT2D eigenvalue weighted by molar-refractivity contribution is 8.00. The number of aromatic nitrogens is 4. The topological polar surface area (TPSA) is 183 Å². The average Bonchev–Trinajstić information content (AvgIpc) is 3.47. The second-order valence-corrected chi connectivity index (χ2v) is 10.4. The van der Waals surface area contributed by atoms with Gasteiger partial charge < -0.3 is 30.8 Å². The van der Waals surface area contributed by atoms with Gasteiger partial charge in [0.2, 0.25) is 0 Å². The number of thioether (sulfide) groups is 1. The number of thiazole rings is 1. The quantitative estimate of drug-likeness (QED) is 0.149. The Kier molecular flexibility index (Phi) is 6.33. The second-order valence-electron chi connectivity index (χ2n) is 8.40. The van der Waals surface area contributed by atoms with Crippen molar-refractivity contribution in [2.24, 2.45) is 5.16 Å². The Labute approximate surface area is 218 Å². The van der Waals surface area contributed by atoms with E-state index in [1.165, 1.54) is 23.8 Å². The number of aromatic amines is 1. The summed E-state index contributed by atoms with van der Waals surface area (Å²) in [6.45, 7) is 3.70. The van der Waals surface area contributed by atoms with E-state index in [1.807, 2.05) is 36.9 Å². The SMILES string of the molecule is CON=C(C(=O)NC1C(=O)N2C(C(=O)[O-])=C(C(C)[n+]3ccc4nc(C)[nH]c4c3)CS[C@@H]12)c1csc(N)n1. The van der Waals surface area contributed by atoms with Crippen LogP contribution in [0.1, 0.15) is 24.5 Å². The molecule has 2 unspecified atom stereocenters. The third-order valence-corrected chi connectivity index (χ3v) is 8.13. The summed E-state index contributed by atoms with van der Waals surface area (Å²) in [4.78, 5) is 55.8. The zero-order valence-corrected chi connectivity index (χ0v) is 21.6. The number of oxime groups is 1. The lowest BCUT2D eigenvalue weighted by Gasteiger charge is -2.50. The predicted octanol–water partition coefficient (Wildman–Crippen LogP) is -0.787. The first kappa shape index (κ1) is 24.7. The molecular formula is C22H22N8O5S2. The molecule has 192 valence electrons. The molecule has 2 amide bonds. The van der Waals surface area contributed by atoms with Crippen molar-refractivity contribution in [1.29, 1.82) is 0 Å². The number of nitrogens with zero attached hydrogens (tertiary/aromatic N) is 5. The van der Waals surface area contributed by atoms with Crippen molar-refractivity contribution in [2.45, 2.75) is 31.3 Å². The van der Waals surface area contributed by atoms with E-state index in [9.17, 15) is 19.5 Å². The van der Waals surface area contributed by atoms with Crippen LogP contribution in [0.5, 0.6) is 0 Å². The Hall–Kier alpha value is -3.98. The van der Waals surface area contributed by atoms with E-state index in [0.717, 1.165) is 28.2 Å². The van der Waals surface area contributed by atoms with E-state index in [1.54, 1.807) is 5.38 Å². The number of carbonyl (C=O) groups excluding carboxylic acids is 3. The fourth-order valence-electron chi connectivity index (χ4n) is 4.38. The van der Waals surface area contributed by atoms with Crippen LogP contribution in [-0.4, -0.2) is 67.6 Å². The number of aryl methyl sites for hydroxylation is 1. The lowest BCUT2D eigenvalue weighted by atomic mass is 9.99. The van der Waals surface area contributed by atoms with E-state index in [2.05, 4.69) is 25.4 Å². The smallest absolute Gasteiger partial charge is 0.276 e. The first-order valence-electron chi connectivity index (χ1n) is 11.1. The van der Waals surface area contributed by atoms with Crippen LogP contribution < -0.4 is 20.7 Å². The summed E-state index contributed by atoms with van der Waals surface area (Å²) in [6.07, 6.45) is 3.66. The minimum atomic E-state index is -1.45. The Bertz CT molecular complexity index is 1500. The van der Waals surface area contributed by atoms with Gasteiger partial charge in [-0.1, -0.05) is 5.16 Å². The van der Waals surface area contributed by atoms with Crippen molar-refractivity contribution in [3.8, 4) is 0 Å². The standard InChI is InChI=1S/C22H22N8O5S2/c1-9(29-5-4-12-13(6-29)25-10(2)24-12)11-7-36-20-16(19(32)30(20)17(11)21(33)34)27-18(31)15(28-35-3)14-8-37-22(23)26-14/h4-6,8-9,16,20H,7H2,1-3H3,(H4,23,26,27,31,33,34)/t9?,16?,20-/m0/s1. The molecule has 0 saturated carbocycles. The molecule has 1 saturated heterocycles. The van der Waals surface area contributed by atoms with E-state index in [0.29, 0.717) is 11.3 Å². The lowest BCUT2D eigenvalue weighted by molar-refractivity contribution is -0.710. The summed E-state index contributed by atoms with van der Waals surface area (Å²) in [6, 6.07) is 0.494. The Morgan fingerprint density at radius 3 is 2.89 bits per heavy atom. The van der Waals surface area contributed by atoms with Gasteiger partial charge in [0.25, 0.3) is 11.8 Å². The van der Waals surface area contributed by atoms with Gasteiger partial charge in [0.15, 0.2) is 29.3 Å². The van der Waals surface area contributed by atoms with Gasteiger partial charge in [-0.25, -0.2) is 9.97 Å². The van der Waals surface area contributed by atoms with E-state index < -0.39 is 29.2 Å². The molecule has 0 bridgehead atoms. The highest BCUT2D eigenvalue weighted by atomic mass is 32.2. The number of hydrogen-bond acceptors (Lipinski definition) is 11. The summed E-state index contributed by atoms with van der Waals surface area (Å²) in [5.41, 5.74) is 7.66. The first-order chi connectivity index (χ1) is 17.7. The number of carbonyl (C=O) groups is 3. The number of rotatable bonds is 7. The predicted molar refractivity (Wildman–Crippen MR) is 133 cm³/mol. The fourth-order valence-corrected chi connectivity index (χ4v) is 6.39. The molecule has 5 heterocycles. The van der Waals surface area contributed by atoms with Gasteiger partial charge in [-0.3, -0.25) is 14.5 Å². The van der Waals surface area contributed by atoms with Crippen LogP contribution in [0, 0.1) is 6.92 Å². The summed E-state index contributed by atoms with van der Waals surface area (Å²) in [5, 5.41) is 19.7. The number of H-pyrrole nitrogens is 1. The minimum absolute atomic E-state index is 0.145. The molecule has 2 aliphatic rings. The monoisotopic (exact) mass is 542 g/mol. The average molecular weight is 543 g/mol. The number of imidazole rings is 1. The van der Waals surface area contributed by atoms with Crippen molar-refractivity contribution in [3.05, 3.63) is 46.6 Å². The number of amides is 2. The molecule has 0 aliphatic carbocycles. The van der Waals surface area contributed by atoms with Crippen molar-refractivity contribution >= 4 is 62.8 Å². The molecule has 0 radical (unpaired) electrons. The van der Waals surface area contributed by atoms with Crippen LogP contribution in [0.25, 0.3) is 11.0 Å². The van der Waals surface area contributed by atoms with Crippen molar-refractivity contribution < 1.29 is 28.9 Å². The van der Waals surface area contributed by atoms with Crippen LogP contribution in [0.2, 0.25) is 0 Å². The number of hydrogen-bond donors (Lipinski definition) is 3. The normalized spacial score (nSPS) is 20.5. The lowest BCUT2D eigenvalue weighted by Crippen LogP contribution is -2.71. The van der Waals surface area contributed by atoms with Crippen LogP contribution in [-0.2, 0) is 19.2 Å². The van der Waals surface area contributed by atoms with Crippen LogP contribution in [0.4, 0.5) is 5.13 Å².